The van der Waals surface area contributed by atoms with Crippen LogP contribution in [-0.4, -0.2) is 30.1 Å². The minimum absolute atomic E-state index is 0.198. The topological polar surface area (TPSA) is 29.3 Å². The van der Waals surface area contributed by atoms with Crippen LogP contribution in [0.3, 0.4) is 0 Å². The van der Waals surface area contributed by atoms with Crippen molar-refractivity contribution >= 4 is 0 Å². The maximum absolute atomic E-state index is 6.19. The van der Waals surface area contributed by atoms with Crippen molar-refractivity contribution in [2.75, 3.05) is 19.6 Å². The molecule has 0 aromatic heterocycles. The summed E-state index contributed by atoms with van der Waals surface area (Å²) in [6.07, 6.45) is 5.21. The summed E-state index contributed by atoms with van der Waals surface area (Å²) in [5, 5.41) is 0. The molecule has 0 bridgehead atoms. The van der Waals surface area contributed by atoms with Crippen LogP contribution in [0.1, 0.15) is 32.6 Å². The van der Waals surface area contributed by atoms with Crippen LogP contribution in [-0.2, 0) is 0 Å². The molecule has 2 aliphatic rings. The van der Waals surface area contributed by atoms with Crippen LogP contribution in [0, 0.1) is 5.92 Å². The SMILES string of the molecule is C[C@@H]1CCN(CC2(N)CCC2)C1. The van der Waals surface area contributed by atoms with Gasteiger partial charge in [0, 0.05) is 18.6 Å². The third kappa shape index (κ3) is 1.64. The van der Waals surface area contributed by atoms with Gasteiger partial charge in [-0.25, -0.2) is 0 Å². The van der Waals surface area contributed by atoms with E-state index in [0.717, 1.165) is 12.5 Å². The third-order valence-corrected chi connectivity index (χ3v) is 3.40. The van der Waals surface area contributed by atoms with Crippen LogP contribution in [0.15, 0.2) is 0 Å². The Balaban J connectivity index is 1.79. The van der Waals surface area contributed by atoms with E-state index in [0.29, 0.717) is 0 Å². The van der Waals surface area contributed by atoms with Crippen molar-refractivity contribution in [3.8, 4) is 0 Å². The largest absolute Gasteiger partial charge is 0.324 e. The molecule has 0 aromatic rings. The summed E-state index contributed by atoms with van der Waals surface area (Å²) in [6.45, 7) is 6.04. The molecule has 0 unspecified atom stereocenters. The van der Waals surface area contributed by atoms with Crippen LogP contribution < -0.4 is 5.73 Å². The summed E-state index contributed by atoms with van der Waals surface area (Å²) < 4.78 is 0. The zero-order valence-electron chi connectivity index (χ0n) is 8.05. The van der Waals surface area contributed by atoms with Crippen LogP contribution in [0.4, 0.5) is 0 Å². The van der Waals surface area contributed by atoms with Crippen molar-refractivity contribution in [3.05, 3.63) is 0 Å². The maximum Gasteiger partial charge on any atom is 0.0283 e. The van der Waals surface area contributed by atoms with Crippen molar-refractivity contribution in [3.63, 3.8) is 0 Å². The number of likely N-dealkylation sites (tertiary alicyclic amines) is 1. The summed E-state index contributed by atoms with van der Waals surface area (Å²) in [5.41, 5.74) is 6.38. The first-order valence-electron chi connectivity index (χ1n) is 5.19. The fourth-order valence-corrected chi connectivity index (χ4v) is 2.40. The molecule has 2 heteroatoms. The van der Waals surface area contributed by atoms with Gasteiger partial charge < -0.3 is 10.6 Å². The molecule has 2 rings (SSSR count). The lowest BCUT2D eigenvalue weighted by Gasteiger charge is -2.41. The minimum atomic E-state index is 0.198. The summed E-state index contributed by atoms with van der Waals surface area (Å²) >= 11 is 0. The number of hydrogen-bond donors (Lipinski definition) is 1. The van der Waals surface area contributed by atoms with Gasteiger partial charge in [0.1, 0.15) is 0 Å². The van der Waals surface area contributed by atoms with Gasteiger partial charge in [0.15, 0.2) is 0 Å². The molecule has 1 saturated heterocycles. The summed E-state index contributed by atoms with van der Waals surface area (Å²) in [4.78, 5) is 2.55. The molecule has 2 N–H and O–H groups in total. The predicted molar refractivity (Wildman–Crippen MR) is 51.0 cm³/mol. The zero-order valence-corrected chi connectivity index (χ0v) is 8.05. The highest BCUT2D eigenvalue weighted by atomic mass is 15.2. The molecule has 1 heterocycles. The highest BCUT2D eigenvalue weighted by molar-refractivity contribution is 4.96. The smallest absolute Gasteiger partial charge is 0.0283 e. The van der Waals surface area contributed by atoms with Gasteiger partial charge in [0.05, 0.1) is 0 Å². The second-order valence-corrected chi connectivity index (χ2v) is 4.84. The molecular formula is C10H20N2. The maximum atomic E-state index is 6.19. The normalized spacial score (nSPS) is 35.0. The molecule has 2 nitrogen and oxygen atoms in total. The molecule has 1 aliphatic carbocycles. The molecular weight excluding hydrogens is 148 g/mol. The molecule has 0 spiro atoms. The molecule has 0 aromatic carbocycles. The Kier molecular flexibility index (Phi) is 2.13. The van der Waals surface area contributed by atoms with Gasteiger partial charge in [-0.15, -0.1) is 0 Å². The standard InChI is InChI=1S/C10H20N2/c1-9-3-6-12(7-9)8-10(11)4-2-5-10/h9H,2-8,11H2,1H3/t9-/m1/s1. The second kappa shape index (κ2) is 3.00. The lowest BCUT2D eigenvalue weighted by atomic mass is 9.77. The molecule has 1 aliphatic heterocycles. The molecule has 0 amide bonds. The van der Waals surface area contributed by atoms with E-state index >= 15 is 0 Å². The molecule has 2 fully saturated rings. The quantitative estimate of drug-likeness (QED) is 0.671. The van der Waals surface area contributed by atoms with Crippen molar-refractivity contribution in [1.29, 1.82) is 0 Å². The van der Waals surface area contributed by atoms with Gasteiger partial charge in [0.25, 0.3) is 0 Å². The van der Waals surface area contributed by atoms with Gasteiger partial charge >= 0.3 is 0 Å². The molecule has 0 radical (unpaired) electrons. The Morgan fingerprint density at radius 1 is 1.50 bits per heavy atom. The van der Waals surface area contributed by atoms with Crippen LogP contribution >= 0.6 is 0 Å². The summed E-state index contributed by atoms with van der Waals surface area (Å²) in [6, 6.07) is 0. The first-order chi connectivity index (χ1) is 5.68. The average Bonchev–Trinajstić information content (AvgIpc) is 2.32. The highest BCUT2D eigenvalue weighted by Crippen LogP contribution is 2.31. The zero-order chi connectivity index (χ0) is 8.60. The van der Waals surface area contributed by atoms with E-state index in [-0.39, 0.29) is 5.54 Å². The minimum Gasteiger partial charge on any atom is -0.324 e. The molecule has 1 saturated carbocycles. The van der Waals surface area contributed by atoms with Crippen LogP contribution in [0.25, 0.3) is 0 Å². The second-order valence-electron chi connectivity index (χ2n) is 4.84. The fraction of sp³-hybridized carbons (Fsp3) is 1.00. The van der Waals surface area contributed by atoms with Gasteiger partial charge in [0.2, 0.25) is 0 Å². The Labute approximate surface area is 75.1 Å². The van der Waals surface area contributed by atoms with E-state index in [2.05, 4.69) is 11.8 Å². The van der Waals surface area contributed by atoms with E-state index in [1.54, 1.807) is 0 Å². The van der Waals surface area contributed by atoms with Crippen molar-refractivity contribution in [1.82, 2.24) is 4.90 Å². The molecule has 12 heavy (non-hydrogen) atoms. The van der Waals surface area contributed by atoms with E-state index in [4.69, 9.17) is 5.73 Å². The first kappa shape index (κ1) is 8.52. The Hall–Kier alpha value is -0.0800. The molecule has 70 valence electrons. The Morgan fingerprint density at radius 3 is 2.67 bits per heavy atom. The third-order valence-electron chi connectivity index (χ3n) is 3.40. The van der Waals surface area contributed by atoms with Gasteiger partial charge in [-0.05, 0) is 38.1 Å². The average molecular weight is 168 g/mol. The Morgan fingerprint density at radius 2 is 2.25 bits per heavy atom. The summed E-state index contributed by atoms with van der Waals surface area (Å²) in [7, 11) is 0. The van der Waals surface area contributed by atoms with Crippen LogP contribution in [0.2, 0.25) is 0 Å². The first-order valence-corrected chi connectivity index (χ1v) is 5.19. The van der Waals surface area contributed by atoms with E-state index < -0.39 is 0 Å². The lowest BCUT2D eigenvalue weighted by molar-refractivity contribution is 0.162. The van der Waals surface area contributed by atoms with Crippen molar-refractivity contribution < 1.29 is 0 Å². The van der Waals surface area contributed by atoms with Crippen molar-refractivity contribution in [2.24, 2.45) is 11.7 Å². The summed E-state index contributed by atoms with van der Waals surface area (Å²) in [5.74, 6) is 0.897. The fourth-order valence-electron chi connectivity index (χ4n) is 2.40. The number of hydrogen-bond acceptors (Lipinski definition) is 2. The molecule has 1 atom stereocenters. The van der Waals surface area contributed by atoms with Crippen LogP contribution in [0.5, 0.6) is 0 Å². The Bertz CT molecular complexity index is 163. The number of nitrogens with zero attached hydrogens (tertiary/aromatic N) is 1. The number of rotatable bonds is 2. The highest BCUT2D eigenvalue weighted by Gasteiger charge is 2.35. The van der Waals surface area contributed by atoms with Gasteiger partial charge in [-0.2, -0.15) is 0 Å². The van der Waals surface area contributed by atoms with Crippen molar-refractivity contribution in [2.45, 2.75) is 38.1 Å². The van der Waals surface area contributed by atoms with Gasteiger partial charge in [-0.3, -0.25) is 0 Å². The van der Waals surface area contributed by atoms with E-state index in [1.807, 2.05) is 0 Å². The van der Waals surface area contributed by atoms with Gasteiger partial charge in [-0.1, -0.05) is 6.92 Å². The van der Waals surface area contributed by atoms with E-state index in [9.17, 15) is 0 Å². The lowest BCUT2D eigenvalue weighted by Crippen LogP contribution is -2.54. The van der Waals surface area contributed by atoms with E-state index in [1.165, 1.54) is 38.8 Å². The number of nitrogens with two attached hydrogens (primary N) is 1. The predicted octanol–water partition coefficient (Wildman–Crippen LogP) is 1.21. The monoisotopic (exact) mass is 168 g/mol.